The van der Waals surface area contributed by atoms with Crippen molar-refractivity contribution in [1.82, 2.24) is 0 Å². The Morgan fingerprint density at radius 1 is 1.00 bits per heavy atom. The fourth-order valence-corrected chi connectivity index (χ4v) is 1.64. The lowest BCUT2D eigenvalue weighted by Gasteiger charge is -1.92. The van der Waals surface area contributed by atoms with Crippen LogP contribution in [0.5, 0.6) is 0 Å². The van der Waals surface area contributed by atoms with Crippen molar-refractivity contribution in [3.63, 3.8) is 0 Å². The average molecular weight is 188 g/mol. The molecule has 64 valence electrons. The SMILES string of the molecule is O=c1ccc2ccccc2c(S)c1. The quantitative estimate of drug-likeness (QED) is 0.628. The van der Waals surface area contributed by atoms with Gasteiger partial charge >= 0.3 is 0 Å². The molecule has 0 aliphatic rings. The molecule has 0 unspecified atom stereocenters. The number of rotatable bonds is 0. The van der Waals surface area contributed by atoms with Gasteiger partial charge in [-0.1, -0.05) is 30.3 Å². The summed E-state index contributed by atoms with van der Waals surface area (Å²) in [6, 6.07) is 12.7. The van der Waals surface area contributed by atoms with Crippen molar-refractivity contribution in [2.24, 2.45) is 0 Å². The Labute approximate surface area is 81.4 Å². The monoisotopic (exact) mass is 188 g/mol. The minimum atomic E-state index is -0.0128. The maximum absolute atomic E-state index is 11.1. The van der Waals surface area contributed by atoms with Crippen LogP contribution in [0.1, 0.15) is 0 Å². The van der Waals surface area contributed by atoms with Gasteiger partial charge in [0.05, 0.1) is 0 Å². The van der Waals surface area contributed by atoms with Crippen LogP contribution in [0.3, 0.4) is 0 Å². The largest absolute Gasteiger partial charge is 0.290 e. The lowest BCUT2D eigenvalue weighted by molar-refractivity contribution is 1.54. The van der Waals surface area contributed by atoms with E-state index in [1.165, 1.54) is 6.07 Å². The standard InChI is InChI=1S/C11H8OS/c12-9-6-5-8-3-1-2-4-10(8)11(13)7-9/h1-7,13H. The van der Waals surface area contributed by atoms with Crippen LogP contribution < -0.4 is 5.43 Å². The number of thiol groups is 1. The first-order chi connectivity index (χ1) is 6.27. The molecule has 2 aromatic carbocycles. The number of fused-ring (bicyclic) bond motifs is 1. The Bertz CT molecular complexity index is 505. The molecule has 0 saturated carbocycles. The van der Waals surface area contributed by atoms with Crippen molar-refractivity contribution >= 4 is 23.4 Å². The van der Waals surface area contributed by atoms with Crippen LogP contribution in [0, 0.1) is 0 Å². The van der Waals surface area contributed by atoms with Gasteiger partial charge in [-0.3, -0.25) is 4.79 Å². The molecule has 1 nitrogen and oxygen atoms in total. The molecule has 0 spiro atoms. The van der Waals surface area contributed by atoms with E-state index in [1.54, 1.807) is 6.07 Å². The summed E-state index contributed by atoms with van der Waals surface area (Å²) in [7, 11) is 0. The molecule has 2 aromatic rings. The zero-order valence-electron chi connectivity index (χ0n) is 6.90. The van der Waals surface area contributed by atoms with Crippen molar-refractivity contribution in [2.75, 3.05) is 0 Å². The Hall–Kier alpha value is -1.28. The van der Waals surface area contributed by atoms with Gasteiger partial charge < -0.3 is 0 Å². The first-order valence-electron chi connectivity index (χ1n) is 3.99. The van der Waals surface area contributed by atoms with Gasteiger partial charge in [-0.05, 0) is 22.9 Å². The van der Waals surface area contributed by atoms with E-state index in [-0.39, 0.29) is 5.43 Å². The van der Waals surface area contributed by atoms with E-state index < -0.39 is 0 Å². The summed E-state index contributed by atoms with van der Waals surface area (Å²) in [6.07, 6.45) is 0. The molecule has 0 amide bonds. The molecule has 2 rings (SSSR count). The molecule has 2 heteroatoms. The molecule has 13 heavy (non-hydrogen) atoms. The highest BCUT2D eigenvalue weighted by Gasteiger charge is 1.94. The van der Waals surface area contributed by atoms with E-state index in [0.717, 1.165) is 15.7 Å². The summed E-state index contributed by atoms with van der Waals surface area (Å²) in [5, 5.41) is 2.04. The normalized spacial score (nSPS) is 10.2. The molecule has 0 atom stereocenters. The molecule has 0 aliphatic carbocycles. The lowest BCUT2D eigenvalue weighted by atomic mass is 10.2. The molecule has 0 saturated heterocycles. The van der Waals surface area contributed by atoms with Gasteiger partial charge in [0.1, 0.15) is 0 Å². The van der Waals surface area contributed by atoms with E-state index >= 15 is 0 Å². The molecule has 0 fully saturated rings. The van der Waals surface area contributed by atoms with E-state index in [9.17, 15) is 4.79 Å². The number of hydrogen-bond acceptors (Lipinski definition) is 2. The predicted octanol–water partition coefficient (Wildman–Crippen LogP) is 2.49. The highest BCUT2D eigenvalue weighted by atomic mass is 32.1. The number of benzene rings is 1. The van der Waals surface area contributed by atoms with Crippen LogP contribution in [-0.4, -0.2) is 0 Å². The van der Waals surface area contributed by atoms with E-state index in [2.05, 4.69) is 12.6 Å². The zero-order chi connectivity index (χ0) is 9.26. The molecular formula is C11H8OS. The molecule has 0 radical (unpaired) electrons. The molecular weight excluding hydrogens is 180 g/mol. The second-order valence-electron chi connectivity index (χ2n) is 2.85. The summed E-state index contributed by atoms with van der Waals surface area (Å²) < 4.78 is 0. The summed E-state index contributed by atoms with van der Waals surface area (Å²) in [5.74, 6) is 0. The second-order valence-corrected chi connectivity index (χ2v) is 3.33. The Kier molecular flexibility index (Phi) is 2.07. The van der Waals surface area contributed by atoms with Gasteiger partial charge in [0.2, 0.25) is 0 Å². The van der Waals surface area contributed by atoms with Crippen LogP contribution in [0.15, 0.2) is 52.2 Å². The van der Waals surface area contributed by atoms with Gasteiger partial charge in [0.15, 0.2) is 5.43 Å². The van der Waals surface area contributed by atoms with E-state index in [0.29, 0.717) is 0 Å². The third-order valence-electron chi connectivity index (χ3n) is 1.94. The smallest absolute Gasteiger partial charge is 0.179 e. The highest BCUT2D eigenvalue weighted by molar-refractivity contribution is 7.80. The van der Waals surface area contributed by atoms with Crippen LogP contribution in [0.25, 0.3) is 10.8 Å². The maximum atomic E-state index is 11.1. The van der Waals surface area contributed by atoms with Gasteiger partial charge in [-0.15, -0.1) is 12.6 Å². The fourth-order valence-electron chi connectivity index (χ4n) is 1.31. The zero-order valence-corrected chi connectivity index (χ0v) is 7.79. The van der Waals surface area contributed by atoms with Crippen molar-refractivity contribution in [2.45, 2.75) is 4.90 Å². The van der Waals surface area contributed by atoms with Crippen molar-refractivity contribution in [3.05, 3.63) is 52.7 Å². The minimum Gasteiger partial charge on any atom is -0.290 e. The van der Waals surface area contributed by atoms with E-state index in [1.807, 2.05) is 30.3 Å². The van der Waals surface area contributed by atoms with Crippen LogP contribution in [-0.2, 0) is 0 Å². The third kappa shape index (κ3) is 1.58. The summed E-state index contributed by atoms with van der Waals surface area (Å²) in [5.41, 5.74) is -0.0128. The molecule has 0 bridgehead atoms. The fraction of sp³-hybridized carbons (Fsp3) is 0. The molecule has 0 aromatic heterocycles. The summed E-state index contributed by atoms with van der Waals surface area (Å²) in [4.78, 5) is 11.9. The van der Waals surface area contributed by atoms with Crippen molar-refractivity contribution in [1.29, 1.82) is 0 Å². The maximum Gasteiger partial charge on any atom is 0.179 e. The lowest BCUT2D eigenvalue weighted by Crippen LogP contribution is -1.88. The molecule has 0 heterocycles. The predicted molar refractivity (Wildman–Crippen MR) is 57.5 cm³/mol. The van der Waals surface area contributed by atoms with Gasteiger partial charge in [0.25, 0.3) is 0 Å². The Morgan fingerprint density at radius 2 is 1.77 bits per heavy atom. The van der Waals surface area contributed by atoms with Gasteiger partial charge in [-0.25, -0.2) is 0 Å². The summed E-state index contributed by atoms with van der Waals surface area (Å²) in [6.45, 7) is 0. The summed E-state index contributed by atoms with van der Waals surface area (Å²) >= 11 is 4.27. The van der Waals surface area contributed by atoms with Crippen LogP contribution in [0.2, 0.25) is 0 Å². The van der Waals surface area contributed by atoms with E-state index in [4.69, 9.17) is 0 Å². The first kappa shape index (κ1) is 8.32. The first-order valence-corrected chi connectivity index (χ1v) is 4.44. The topological polar surface area (TPSA) is 17.1 Å². The second kappa shape index (κ2) is 3.23. The van der Waals surface area contributed by atoms with Crippen LogP contribution >= 0.6 is 12.6 Å². The Morgan fingerprint density at radius 3 is 2.62 bits per heavy atom. The van der Waals surface area contributed by atoms with Gasteiger partial charge in [-0.2, -0.15) is 0 Å². The molecule has 0 N–H and O–H groups in total. The van der Waals surface area contributed by atoms with Gasteiger partial charge in [0, 0.05) is 4.90 Å². The van der Waals surface area contributed by atoms with Crippen molar-refractivity contribution < 1.29 is 0 Å². The average Bonchev–Trinajstić information content (AvgIpc) is 2.27. The number of hydrogen-bond donors (Lipinski definition) is 1. The molecule has 0 aliphatic heterocycles. The highest BCUT2D eigenvalue weighted by Crippen LogP contribution is 2.18. The minimum absolute atomic E-state index is 0.0128. The van der Waals surface area contributed by atoms with Crippen molar-refractivity contribution in [3.8, 4) is 0 Å². The van der Waals surface area contributed by atoms with Crippen LogP contribution in [0.4, 0.5) is 0 Å². The Balaban J connectivity index is 3.02. The third-order valence-corrected chi connectivity index (χ3v) is 2.31.